The van der Waals surface area contributed by atoms with E-state index in [9.17, 15) is 18.0 Å². The van der Waals surface area contributed by atoms with Crippen LogP contribution in [-0.4, -0.2) is 62.2 Å². The van der Waals surface area contributed by atoms with Crippen molar-refractivity contribution in [2.45, 2.75) is 17.9 Å². The van der Waals surface area contributed by atoms with Crippen LogP contribution in [0.15, 0.2) is 23.1 Å². The highest BCUT2D eigenvalue weighted by molar-refractivity contribution is 7.89. The zero-order valence-electron chi connectivity index (χ0n) is 12.8. The average molecular weight is 360 g/mol. The van der Waals surface area contributed by atoms with Crippen LogP contribution in [0.2, 0.25) is 0 Å². The Labute approximate surface area is 141 Å². The third kappa shape index (κ3) is 2.87. The van der Waals surface area contributed by atoms with Gasteiger partial charge in [0.2, 0.25) is 10.0 Å². The molecule has 0 aliphatic carbocycles. The minimum absolute atomic E-state index is 0. The quantitative estimate of drug-likeness (QED) is 0.768. The molecule has 2 heterocycles. The molecular formula is C14H18ClN3O4S. The van der Waals surface area contributed by atoms with Crippen LogP contribution in [0.5, 0.6) is 0 Å². The number of piperazine rings is 1. The van der Waals surface area contributed by atoms with Crippen LogP contribution in [0.1, 0.15) is 27.6 Å². The number of fused-ring (bicyclic) bond motifs is 1. The summed E-state index contributed by atoms with van der Waals surface area (Å²) in [6, 6.07) is 4.19. The van der Waals surface area contributed by atoms with E-state index in [4.69, 9.17) is 0 Å². The molecule has 0 saturated carbocycles. The molecule has 2 aliphatic rings. The highest BCUT2D eigenvalue weighted by Gasteiger charge is 2.35. The van der Waals surface area contributed by atoms with Gasteiger partial charge in [-0.05, 0) is 25.1 Å². The van der Waals surface area contributed by atoms with E-state index in [2.05, 4.69) is 5.32 Å². The van der Waals surface area contributed by atoms with Crippen molar-refractivity contribution < 1.29 is 18.0 Å². The molecule has 0 radical (unpaired) electrons. The maximum atomic E-state index is 12.7. The topological polar surface area (TPSA) is 86.8 Å². The Morgan fingerprint density at radius 2 is 1.83 bits per heavy atom. The number of nitrogens with one attached hydrogen (secondary N) is 1. The minimum atomic E-state index is -3.66. The molecule has 1 fully saturated rings. The molecule has 2 aliphatic heterocycles. The van der Waals surface area contributed by atoms with Crippen LogP contribution in [0.3, 0.4) is 0 Å². The van der Waals surface area contributed by atoms with Gasteiger partial charge in [0.25, 0.3) is 11.8 Å². The number of hydrogen-bond donors (Lipinski definition) is 1. The van der Waals surface area contributed by atoms with E-state index in [-0.39, 0.29) is 34.5 Å². The number of halogens is 1. The van der Waals surface area contributed by atoms with Crippen LogP contribution in [0.25, 0.3) is 0 Å². The SMILES string of the molecule is CC1CN(S(=O)(=O)c2ccc3c(c2)C(=O)N(C)C3=O)CCN1.Cl. The van der Waals surface area contributed by atoms with Crippen molar-refractivity contribution >= 4 is 34.2 Å². The van der Waals surface area contributed by atoms with Gasteiger partial charge in [-0.1, -0.05) is 0 Å². The lowest BCUT2D eigenvalue weighted by molar-refractivity contribution is 0.0693. The molecule has 0 aromatic heterocycles. The summed E-state index contributed by atoms with van der Waals surface area (Å²) in [7, 11) is -2.28. The Morgan fingerprint density at radius 3 is 2.48 bits per heavy atom. The molecule has 1 atom stereocenters. The molecule has 1 aromatic carbocycles. The Kier molecular flexibility index (Phi) is 4.81. The maximum absolute atomic E-state index is 12.7. The van der Waals surface area contributed by atoms with Crippen molar-refractivity contribution in [3.63, 3.8) is 0 Å². The van der Waals surface area contributed by atoms with Crippen molar-refractivity contribution in [2.24, 2.45) is 0 Å². The molecule has 0 spiro atoms. The molecule has 1 unspecified atom stereocenters. The molecule has 1 N–H and O–H groups in total. The highest BCUT2D eigenvalue weighted by atomic mass is 35.5. The Hall–Kier alpha value is -1.48. The summed E-state index contributed by atoms with van der Waals surface area (Å²) < 4.78 is 26.8. The van der Waals surface area contributed by atoms with Crippen molar-refractivity contribution in [3.05, 3.63) is 29.3 Å². The monoisotopic (exact) mass is 359 g/mol. The molecule has 9 heteroatoms. The van der Waals surface area contributed by atoms with Gasteiger partial charge in [-0.2, -0.15) is 4.31 Å². The fraction of sp³-hybridized carbons (Fsp3) is 0.429. The van der Waals surface area contributed by atoms with Crippen LogP contribution >= 0.6 is 12.4 Å². The highest BCUT2D eigenvalue weighted by Crippen LogP contribution is 2.26. The number of amides is 2. The normalized spacial score (nSPS) is 22.0. The van der Waals surface area contributed by atoms with E-state index in [1.165, 1.54) is 29.6 Å². The lowest BCUT2D eigenvalue weighted by atomic mass is 10.1. The van der Waals surface area contributed by atoms with Gasteiger partial charge in [0.05, 0.1) is 16.0 Å². The fourth-order valence-electron chi connectivity index (χ4n) is 2.77. The Bertz CT molecular complexity index is 765. The molecule has 0 bridgehead atoms. The van der Waals surface area contributed by atoms with E-state index in [0.717, 1.165) is 4.90 Å². The average Bonchev–Trinajstić information content (AvgIpc) is 2.72. The molecule has 3 rings (SSSR count). The first-order valence-corrected chi connectivity index (χ1v) is 8.46. The number of imide groups is 1. The number of hydrogen-bond acceptors (Lipinski definition) is 5. The third-order valence-electron chi connectivity index (χ3n) is 4.03. The van der Waals surface area contributed by atoms with Gasteiger partial charge in [0.1, 0.15) is 0 Å². The number of carbonyl (C=O) groups is 2. The molecule has 126 valence electrons. The van der Waals surface area contributed by atoms with Crippen LogP contribution in [0, 0.1) is 0 Å². The smallest absolute Gasteiger partial charge is 0.261 e. The number of rotatable bonds is 2. The maximum Gasteiger partial charge on any atom is 0.261 e. The lowest BCUT2D eigenvalue weighted by Crippen LogP contribution is -2.51. The van der Waals surface area contributed by atoms with Crippen LogP contribution < -0.4 is 5.32 Å². The first kappa shape index (κ1) is 17.9. The van der Waals surface area contributed by atoms with Gasteiger partial charge in [0.15, 0.2) is 0 Å². The minimum Gasteiger partial charge on any atom is -0.312 e. The summed E-state index contributed by atoms with van der Waals surface area (Å²) >= 11 is 0. The first-order chi connectivity index (χ1) is 10.3. The number of benzene rings is 1. The standard InChI is InChI=1S/C14H17N3O4S.ClH/c1-9-8-17(6-5-15-9)22(20,21)10-3-4-11-12(7-10)14(19)16(2)13(11)18;/h3-4,7,9,15H,5-6,8H2,1-2H3;1H. The zero-order chi connectivity index (χ0) is 16.1. The van der Waals surface area contributed by atoms with Crippen molar-refractivity contribution in [3.8, 4) is 0 Å². The third-order valence-corrected chi connectivity index (χ3v) is 5.89. The van der Waals surface area contributed by atoms with Gasteiger partial charge in [0, 0.05) is 32.7 Å². The molecule has 23 heavy (non-hydrogen) atoms. The van der Waals surface area contributed by atoms with Crippen LogP contribution in [-0.2, 0) is 10.0 Å². The lowest BCUT2D eigenvalue weighted by Gasteiger charge is -2.31. The van der Waals surface area contributed by atoms with E-state index < -0.39 is 21.8 Å². The Morgan fingerprint density at radius 1 is 1.17 bits per heavy atom. The largest absolute Gasteiger partial charge is 0.312 e. The van der Waals surface area contributed by atoms with Crippen molar-refractivity contribution in [2.75, 3.05) is 26.7 Å². The van der Waals surface area contributed by atoms with Gasteiger partial charge in [-0.25, -0.2) is 8.42 Å². The summed E-state index contributed by atoms with van der Waals surface area (Å²) in [4.78, 5) is 24.9. The van der Waals surface area contributed by atoms with Crippen LogP contribution in [0.4, 0.5) is 0 Å². The number of carbonyl (C=O) groups excluding carboxylic acids is 2. The summed E-state index contributed by atoms with van der Waals surface area (Å²) in [6.07, 6.45) is 0. The molecule has 1 aromatic rings. The summed E-state index contributed by atoms with van der Waals surface area (Å²) in [5, 5.41) is 3.18. The number of sulfonamides is 1. The first-order valence-electron chi connectivity index (χ1n) is 7.02. The summed E-state index contributed by atoms with van der Waals surface area (Å²) in [6.45, 7) is 3.27. The van der Waals surface area contributed by atoms with E-state index in [0.29, 0.717) is 19.6 Å². The second-order valence-corrected chi connectivity index (χ2v) is 7.53. The fourth-order valence-corrected chi connectivity index (χ4v) is 4.32. The molecule has 7 nitrogen and oxygen atoms in total. The second kappa shape index (κ2) is 6.20. The molecule has 1 saturated heterocycles. The van der Waals surface area contributed by atoms with Crippen molar-refractivity contribution in [1.29, 1.82) is 0 Å². The summed E-state index contributed by atoms with van der Waals surface area (Å²) in [5.74, 6) is -0.870. The predicted octanol–water partition coefficient (Wildman–Crippen LogP) is 0.317. The van der Waals surface area contributed by atoms with Gasteiger partial charge < -0.3 is 5.32 Å². The van der Waals surface area contributed by atoms with E-state index >= 15 is 0 Å². The second-order valence-electron chi connectivity index (χ2n) is 5.59. The molecule has 2 amide bonds. The zero-order valence-corrected chi connectivity index (χ0v) is 14.4. The van der Waals surface area contributed by atoms with Crippen molar-refractivity contribution in [1.82, 2.24) is 14.5 Å². The van der Waals surface area contributed by atoms with Gasteiger partial charge in [-0.15, -0.1) is 12.4 Å². The Balaban J connectivity index is 0.00000192. The van der Waals surface area contributed by atoms with E-state index in [1.807, 2.05) is 6.92 Å². The summed E-state index contributed by atoms with van der Waals surface area (Å²) in [5.41, 5.74) is 0.400. The predicted molar refractivity (Wildman–Crippen MR) is 86.3 cm³/mol. The van der Waals surface area contributed by atoms with E-state index in [1.54, 1.807) is 0 Å². The molecular weight excluding hydrogens is 342 g/mol. The van der Waals surface area contributed by atoms with Gasteiger partial charge >= 0.3 is 0 Å². The van der Waals surface area contributed by atoms with Gasteiger partial charge in [-0.3, -0.25) is 14.5 Å². The number of nitrogens with zero attached hydrogens (tertiary/aromatic N) is 2.